The van der Waals surface area contributed by atoms with Crippen LogP contribution in [-0.4, -0.2) is 44.8 Å². The fourth-order valence-electron chi connectivity index (χ4n) is 2.34. The van der Waals surface area contributed by atoms with Gasteiger partial charge in [-0.3, -0.25) is 14.3 Å². The molecule has 6 nitrogen and oxygen atoms in total. The number of carboxylic acid groups (broad SMARTS) is 1. The summed E-state index contributed by atoms with van der Waals surface area (Å²) in [6.07, 6.45) is 0. The average Bonchev–Trinajstić information content (AvgIpc) is 2.86. The van der Waals surface area contributed by atoms with Crippen LogP contribution in [0.5, 0.6) is 0 Å². The van der Waals surface area contributed by atoms with Crippen molar-refractivity contribution in [3.8, 4) is 11.3 Å². The van der Waals surface area contributed by atoms with Crippen molar-refractivity contribution >= 4 is 27.8 Å². The first kappa shape index (κ1) is 13.8. The van der Waals surface area contributed by atoms with E-state index in [1.165, 1.54) is 4.90 Å². The minimum absolute atomic E-state index is 0.282. The molecule has 108 valence electrons. The molecule has 0 saturated carbocycles. The number of rotatable bonds is 3. The van der Waals surface area contributed by atoms with Gasteiger partial charge in [0.15, 0.2) is 0 Å². The molecule has 1 aromatic carbocycles. The molecule has 7 heteroatoms. The van der Waals surface area contributed by atoms with Crippen LogP contribution in [0.4, 0.5) is 0 Å². The van der Waals surface area contributed by atoms with Gasteiger partial charge in [-0.15, -0.1) is 0 Å². The van der Waals surface area contributed by atoms with E-state index in [0.717, 1.165) is 10.0 Å². The molecule has 21 heavy (non-hydrogen) atoms. The molecule has 1 aliphatic rings. The predicted molar refractivity (Wildman–Crippen MR) is 78.9 cm³/mol. The molecule has 3 rings (SSSR count). The summed E-state index contributed by atoms with van der Waals surface area (Å²) in [4.78, 5) is 24.3. The lowest BCUT2D eigenvalue weighted by Gasteiger charge is -2.25. The van der Waals surface area contributed by atoms with E-state index in [4.69, 9.17) is 5.11 Å². The van der Waals surface area contributed by atoms with Crippen LogP contribution in [0.15, 0.2) is 34.8 Å². The zero-order chi connectivity index (χ0) is 15.0. The minimum Gasteiger partial charge on any atom is -0.480 e. The lowest BCUT2D eigenvalue weighted by Crippen LogP contribution is -2.43. The largest absolute Gasteiger partial charge is 0.480 e. The third kappa shape index (κ3) is 2.69. The highest BCUT2D eigenvalue weighted by atomic mass is 79.9. The first-order valence-electron chi connectivity index (χ1n) is 6.39. The van der Waals surface area contributed by atoms with Gasteiger partial charge in [0.25, 0.3) is 5.91 Å². The van der Waals surface area contributed by atoms with Crippen molar-refractivity contribution < 1.29 is 14.7 Å². The summed E-state index contributed by atoms with van der Waals surface area (Å²) in [5.41, 5.74) is 2.04. The van der Waals surface area contributed by atoms with Gasteiger partial charge in [-0.05, 0) is 18.2 Å². The average molecular weight is 350 g/mol. The Morgan fingerprint density at radius 3 is 2.86 bits per heavy atom. The van der Waals surface area contributed by atoms with Gasteiger partial charge in [-0.1, -0.05) is 28.1 Å². The molecule has 1 aliphatic heterocycles. The summed E-state index contributed by atoms with van der Waals surface area (Å²) in [6.45, 7) is 0.580. The van der Waals surface area contributed by atoms with Gasteiger partial charge in [-0.2, -0.15) is 5.10 Å². The number of carbonyl (C=O) groups is 2. The van der Waals surface area contributed by atoms with Crippen molar-refractivity contribution in [3.63, 3.8) is 0 Å². The molecule has 2 aromatic rings. The van der Waals surface area contributed by atoms with Crippen LogP contribution < -0.4 is 0 Å². The number of hydrogen-bond acceptors (Lipinski definition) is 3. The summed E-state index contributed by atoms with van der Waals surface area (Å²) in [6, 6.07) is 9.36. The Bertz CT molecular complexity index is 726. The quantitative estimate of drug-likeness (QED) is 0.917. The van der Waals surface area contributed by atoms with Crippen LogP contribution in [0.1, 0.15) is 10.5 Å². The third-order valence-electron chi connectivity index (χ3n) is 3.31. The Kier molecular flexibility index (Phi) is 3.50. The molecule has 0 bridgehead atoms. The van der Waals surface area contributed by atoms with Crippen molar-refractivity contribution in [1.82, 2.24) is 14.7 Å². The first-order valence-corrected chi connectivity index (χ1v) is 7.19. The summed E-state index contributed by atoms with van der Waals surface area (Å²) >= 11 is 3.40. The van der Waals surface area contributed by atoms with Crippen LogP contribution in [0, 0.1) is 0 Å². The maximum atomic E-state index is 12.3. The second kappa shape index (κ2) is 5.33. The molecule has 1 aromatic heterocycles. The number of aliphatic carboxylic acids is 1. The number of hydrogen-bond donors (Lipinski definition) is 1. The van der Waals surface area contributed by atoms with Crippen LogP contribution in [0.25, 0.3) is 11.3 Å². The highest BCUT2D eigenvalue weighted by Gasteiger charge is 2.27. The molecule has 0 saturated heterocycles. The van der Waals surface area contributed by atoms with E-state index in [1.807, 2.05) is 24.3 Å². The van der Waals surface area contributed by atoms with E-state index < -0.39 is 5.97 Å². The van der Waals surface area contributed by atoms with Crippen molar-refractivity contribution in [2.75, 3.05) is 13.1 Å². The predicted octanol–water partition coefficient (Wildman–Crippen LogP) is 1.85. The fraction of sp³-hybridized carbons (Fsp3) is 0.214. The molecule has 0 radical (unpaired) electrons. The number of fused-ring (bicyclic) bond motifs is 1. The van der Waals surface area contributed by atoms with Crippen molar-refractivity contribution in [1.29, 1.82) is 0 Å². The summed E-state index contributed by atoms with van der Waals surface area (Å²) in [7, 11) is 0. The Hall–Kier alpha value is -2.15. The van der Waals surface area contributed by atoms with E-state index in [0.29, 0.717) is 24.5 Å². The second-order valence-electron chi connectivity index (χ2n) is 4.77. The van der Waals surface area contributed by atoms with E-state index >= 15 is 0 Å². The molecule has 0 atom stereocenters. The normalized spacial score (nSPS) is 14.1. The molecule has 2 heterocycles. The Morgan fingerprint density at radius 2 is 2.14 bits per heavy atom. The van der Waals surface area contributed by atoms with Gasteiger partial charge in [0.1, 0.15) is 12.2 Å². The molecular weight excluding hydrogens is 338 g/mol. The van der Waals surface area contributed by atoms with E-state index in [-0.39, 0.29) is 12.5 Å². The zero-order valence-electron chi connectivity index (χ0n) is 11.0. The summed E-state index contributed by atoms with van der Waals surface area (Å²) in [5, 5.41) is 13.3. The SMILES string of the molecule is O=C(O)CN1CCn2nc(-c3cccc(Br)c3)cc2C1=O. The van der Waals surface area contributed by atoms with Crippen LogP contribution in [-0.2, 0) is 11.3 Å². The maximum Gasteiger partial charge on any atom is 0.323 e. The van der Waals surface area contributed by atoms with Crippen molar-refractivity contribution in [2.24, 2.45) is 0 Å². The van der Waals surface area contributed by atoms with E-state index in [1.54, 1.807) is 10.7 Å². The third-order valence-corrected chi connectivity index (χ3v) is 3.81. The molecule has 1 N–H and O–H groups in total. The van der Waals surface area contributed by atoms with E-state index in [9.17, 15) is 9.59 Å². The number of aromatic nitrogens is 2. The standard InChI is InChI=1S/C14H12BrN3O3/c15-10-3-1-2-9(6-10)11-7-12-14(21)17(8-13(19)20)4-5-18(12)16-11/h1-3,6-7H,4-5,8H2,(H,19,20). The number of halogens is 1. The minimum atomic E-state index is -1.01. The van der Waals surface area contributed by atoms with Crippen molar-refractivity contribution in [3.05, 3.63) is 40.5 Å². The molecule has 0 spiro atoms. The van der Waals surface area contributed by atoms with E-state index in [2.05, 4.69) is 21.0 Å². The van der Waals surface area contributed by atoms with Gasteiger partial charge < -0.3 is 10.0 Å². The summed E-state index contributed by atoms with van der Waals surface area (Å²) in [5.74, 6) is -1.30. The van der Waals surface area contributed by atoms with Gasteiger partial charge in [0, 0.05) is 16.6 Å². The molecule has 1 amide bonds. The second-order valence-corrected chi connectivity index (χ2v) is 5.68. The van der Waals surface area contributed by atoms with Crippen LogP contribution >= 0.6 is 15.9 Å². The fourth-order valence-corrected chi connectivity index (χ4v) is 2.74. The highest BCUT2D eigenvalue weighted by Crippen LogP contribution is 2.24. The highest BCUT2D eigenvalue weighted by molar-refractivity contribution is 9.10. The number of carbonyl (C=O) groups excluding carboxylic acids is 1. The molecular formula is C14H12BrN3O3. The number of carboxylic acids is 1. The monoisotopic (exact) mass is 349 g/mol. The van der Waals surface area contributed by atoms with Gasteiger partial charge in [0.05, 0.1) is 12.2 Å². The number of nitrogens with zero attached hydrogens (tertiary/aromatic N) is 3. The number of benzene rings is 1. The molecule has 0 fully saturated rings. The van der Waals surface area contributed by atoms with Gasteiger partial charge in [0.2, 0.25) is 0 Å². The maximum absolute atomic E-state index is 12.3. The van der Waals surface area contributed by atoms with Crippen LogP contribution in [0.2, 0.25) is 0 Å². The smallest absolute Gasteiger partial charge is 0.323 e. The first-order chi connectivity index (χ1) is 10.0. The van der Waals surface area contributed by atoms with Crippen LogP contribution in [0.3, 0.4) is 0 Å². The van der Waals surface area contributed by atoms with Gasteiger partial charge >= 0.3 is 5.97 Å². The summed E-state index contributed by atoms with van der Waals surface area (Å²) < 4.78 is 2.57. The Balaban J connectivity index is 1.94. The van der Waals surface area contributed by atoms with Gasteiger partial charge in [-0.25, -0.2) is 0 Å². The lowest BCUT2D eigenvalue weighted by molar-refractivity contribution is -0.137. The topological polar surface area (TPSA) is 75.4 Å². The molecule has 0 aliphatic carbocycles. The Morgan fingerprint density at radius 1 is 1.33 bits per heavy atom. The molecule has 0 unspecified atom stereocenters. The Labute approximate surface area is 129 Å². The lowest BCUT2D eigenvalue weighted by atomic mass is 10.1. The van der Waals surface area contributed by atoms with Crippen molar-refractivity contribution in [2.45, 2.75) is 6.54 Å². The number of amides is 1. The zero-order valence-corrected chi connectivity index (χ0v) is 12.6.